The van der Waals surface area contributed by atoms with Gasteiger partial charge in [0.2, 0.25) is 10.0 Å². The maximum Gasteiger partial charge on any atom is 0.247 e. The fourth-order valence-electron chi connectivity index (χ4n) is 3.22. The maximum absolute atomic E-state index is 12.9. The molecule has 2 atom stereocenters. The van der Waals surface area contributed by atoms with E-state index in [1.807, 2.05) is 0 Å². The molecule has 1 aromatic rings. The van der Waals surface area contributed by atoms with Crippen molar-refractivity contribution in [3.05, 3.63) is 11.4 Å². The highest BCUT2D eigenvalue weighted by atomic mass is 32.2. The minimum Gasteiger partial charge on any atom is -0.390 e. The number of aliphatic hydroxyl groups is 1. The van der Waals surface area contributed by atoms with E-state index in [2.05, 4.69) is 10.2 Å². The van der Waals surface area contributed by atoms with Crippen molar-refractivity contribution < 1.29 is 18.3 Å². The lowest BCUT2D eigenvalue weighted by Crippen LogP contribution is -2.51. The minimum atomic E-state index is -3.65. The van der Waals surface area contributed by atoms with Gasteiger partial charge in [-0.3, -0.25) is 5.10 Å². The molecule has 1 aliphatic carbocycles. The van der Waals surface area contributed by atoms with Gasteiger partial charge in [0, 0.05) is 6.54 Å². The van der Waals surface area contributed by atoms with Gasteiger partial charge in [0.15, 0.2) is 0 Å². The molecule has 1 saturated heterocycles. The Labute approximate surface area is 118 Å². The molecule has 2 heterocycles. The van der Waals surface area contributed by atoms with Gasteiger partial charge in [-0.25, -0.2) is 8.42 Å². The van der Waals surface area contributed by atoms with Crippen LogP contribution in [0.4, 0.5) is 0 Å². The molecule has 2 fully saturated rings. The summed E-state index contributed by atoms with van der Waals surface area (Å²) in [6, 6.07) is -0.0883. The van der Waals surface area contributed by atoms with E-state index in [0.29, 0.717) is 18.8 Å². The van der Waals surface area contributed by atoms with Gasteiger partial charge >= 0.3 is 0 Å². The van der Waals surface area contributed by atoms with Crippen molar-refractivity contribution >= 4 is 10.0 Å². The zero-order chi connectivity index (χ0) is 14.3. The third kappa shape index (κ3) is 2.07. The standard InChI is InChI=1S/C12H19N3O4S/c1-8-12(9(7-16)14-13-8)20(17,18)15-5-6-19-11-4-2-3-10(11)15/h10-11,16H,2-7H2,1H3,(H,13,14). The molecule has 0 radical (unpaired) electrons. The molecule has 2 aliphatic rings. The number of morpholine rings is 1. The molecule has 112 valence electrons. The van der Waals surface area contributed by atoms with E-state index in [1.54, 1.807) is 6.92 Å². The van der Waals surface area contributed by atoms with Crippen LogP contribution in [0.2, 0.25) is 0 Å². The fourth-order valence-corrected chi connectivity index (χ4v) is 5.21. The van der Waals surface area contributed by atoms with Crippen molar-refractivity contribution in [1.82, 2.24) is 14.5 Å². The monoisotopic (exact) mass is 301 g/mol. The van der Waals surface area contributed by atoms with Crippen LogP contribution in [0.3, 0.4) is 0 Å². The number of aromatic nitrogens is 2. The molecule has 20 heavy (non-hydrogen) atoms. The first kappa shape index (κ1) is 14.0. The largest absolute Gasteiger partial charge is 0.390 e. The number of hydrogen-bond donors (Lipinski definition) is 2. The van der Waals surface area contributed by atoms with E-state index in [0.717, 1.165) is 19.3 Å². The second-order valence-corrected chi connectivity index (χ2v) is 7.13. The number of nitrogens with zero attached hydrogens (tertiary/aromatic N) is 2. The van der Waals surface area contributed by atoms with E-state index in [1.165, 1.54) is 4.31 Å². The van der Waals surface area contributed by atoms with Crippen molar-refractivity contribution in [2.75, 3.05) is 13.2 Å². The maximum atomic E-state index is 12.9. The van der Waals surface area contributed by atoms with Gasteiger partial charge in [0.25, 0.3) is 0 Å². The summed E-state index contributed by atoms with van der Waals surface area (Å²) in [6.45, 7) is 2.05. The van der Waals surface area contributed by atoms with Crippen molar-refractivity contribution in [2.45, 2.75) is 49.8 Å². The Morgan fingerprint density at radius 1 is 1.50 bits per heavy atom. The topological polar surface area (TPSA) is 95.5 Å². The van der Waals surface area contributed by atoms with Gasteiger partial charge in [0.1, 0.15) is 10.6 Å². The molecule has 2 N–H and O–H groups in total. The van der Waals surface area contributed by atoms with Crippen LogP contribution in [-0.4, -0.2) is 53.3 Å². The number of aliphatic hydroxyl groups excluding tert-OH is 1. The third-order valence-electron chi connectivity index (χ3n) is 4.11. The number of hydrogen-bond acceptors (Lipinski definition) is 5. The Morgan fingerprint density at radius 2 is 2.30 bits per heavy atom. The fraction of sp³-hybridized carbons (Fsp3) is 0.750. The summed E-state index contributed by atoms with van der Waals surface area (Å²) in [5.41, 5.74) is 0.652. The quantitative estimate of drug-likeness (QED) is 0.828. The van der Waals surface area contributed by atoms with Gasteiger partial charge < -0.3 is 9.84 Å². The highest BCUT2D eigenvalue weighted by molar-refractivity contribution is 7.89. The summed E-state index contributed by atoms with van der Waals surface area (Å²) >= 11 is 0. The number of aromatic amines is 1. The normalized spacial score (nSPS) is 27.7. The summed E-state index contributed by atoms with van der Waals surface area (Å²) in [6.07, 6.45) is 2.73. The molecule has 8 heteroatoms. The molecule has 7 nitrogen and oxygen atoms in total. The Hall–Kier alpha value is -0.960. The summed E-state index contributed by atoms with van der Waals surface area (Å²) in [5.74, 6) is 0. The van der Waals surface area contributed by atoms with Crippen LogP contribution in [0.5, 0.6) is 0 Å². The van der Waals surface area contributed by atoms with Gasteiger partial charge in [0.05, 0.1) is 31.1 Å². The lowest BCUT2D eigenvalue weighted by molar-refractivity contribution is -0.0242. The molecule has 0 amide bonds. The SMILES string of the molecule is Cc1[nH]nc(CO)c1S(=O)(=O)N1CCOC2CCCC21. The molecular formula is C12H19N3O4S. The van der Waals surface area contributed by atoms with Crippen molar-refractivity contribution in [1.29, 1.82) is 0 Å². The summed E-state index contributed by atoms with van der Waals surface area (Å²) < 4.78 is 33.0. The van der Waals surface area contributed by atoms with Crippen LogP contribution in [0.1, 0.15) is 30.7 Å². The molecule has 1 aliphatic heterocycles. The number of ether oxygens (including phenoxy) is 1. The number of aryl methyl sites for hydroxylation is 1. The van der Waals surface area contributed by atoms with Crippen LogP contribution in [0.25, 0.3) is 0 Å². The second-order valence-electron chi connectivity index (χ2n) is 5.31. The molecule has 0 bridgehead atoms. The zero-order valence-electron chi connectivity index (χ0n) is 11.4. The third-order valence-corrected chi connectivity index (χ3v) is 6.24. The predicted octanol–water partition coefficient (Wildman–Crippen LogP) is 0.152. The summed E-state index contributed by atoms with van der Waals surface area (Å²) in [7, 11) is -3.65. The number of rotatable bonds is 3. The Kier molecular flexibility index (Phi) is 3.57. The molecular weight excluding hydrogens is 282 g/mol. The highest BCUT2D eigenvalue weighted by Crippen LogP contribution is 2.34. The number of fused-ring (bicyclic) bond motifs is 1. The Bertz CT molecular complexity index is 598. The molecule has 0 aromatic carbocycles. The van der Waals surface area contributed by atoms with Crippen molar-refractivity contribution in [2.24, 2.45) is 0 Å². The van der Waals surface area contributed by atoms with Gasteiger partial charge in [-0.15, -0.1) is 0 Å². The summed E-state index contributed by atoms with van der Waals surface area (Å²) in [5, 5.41) is 15.8. The number of nitrogens with one attached hydrogen (secondary N) is 1. The highest BCUT2D eigenvalue weighted by Gasteiger charge is 2.43. The van der Waals surface area contributed by atoms with E-state index in [-0.39, 0.29) is 22.7 Å². The van der Waals surface area contributed by atoms with Crippen LogP contribution in [0, 0.1) is 6.92 Å². The number of H-pyrrole nitrogens is 1. The summed E-state index contributed by atoms with van der Waals surface area (Å²) in [4.78, 5) is 0.118. The van der Waals surface area contributed by atoms with E-state index in [9.17, 15) is 13.5 Å². The average Bonchev–Trinajstić information content (AvgIpc) is 3.03. The van der Waals surface area contributed by atoms with Gasteiger partial charge in [-0.1, -0.05) is 0 Å². The smallest absolute Gasteiger partial charge is 0.247 e. The van der Waals surface area contributed by atoms with E-state index >= 15 is 0 Å². The molecule has 3 rings (SSSR count). The van der Waals surface area contributed by atoms with Gasteiger partial charge in [-0.2, -0.15) is 9.40 Å². The first-order valence-electron chi connectivity index (χ1n) is 6.84. The molecule has 2 unspecified atom stereocenters. The lowest BCUT2D eigenvalue weighted by atomic mass is 10.2. The van der Waals surface area contributed by atoms with Crippen molar-refractivity contribution in [3.63, 3.8) is 0 Å². The first-order chi connectivity index (χ1) is 9.55. The molecule has 0 spiro atoms. The van der Waals surface area contributed by atoms with Crippen LogP contribution >= 0.6 is 0 Å². The van der Waals surface area contributed by atoms with E-state index < -0.39 is 16.6 Å². The Morgan fingerprint density at radius 3 is 3.05 bits per heavy atom. The number of sulfonamides is 1. The second kappa shape index (κ2) is 5.10. The zero-order valence-corrected chi connectivity index (χ0v) is 12.2. The van der Waals surface area contributed by atoms with E-state index in [4.69, 9.17) is 4.74 Å². The molecule has 1 saturated carbocycles. The molecule has 1 aromatic heterocycles. The van der Waals surface area contributed by atoms with Crippen LogP contribution in [0.15, 0.2) is 4.90 Å². The van der Waals surface area contributed by atoms with Crippen LogP contribution < -0.4 is 0 Å². The van der Waals surface area contributed by atoms with Crippen LogP contribution in [-0.2, 0) is 21.4 Å². The lowest BCUT2D eigenvalue weighted by Gasteiger charge is -2.36. The van der Waals surface area contributed by atoms with Crippen molar-refractivity contribution in [3.8, 4) is 0 Å². The van der Waals surface area contributed by atoms with Gasteiger partial charge in [-0.05, 0) is 26.2 Å². The Balaban J connectivity index is 2.00. The predicted molar refractivity (Wildman–Crippen MR) is 70.5 cm³/mol. The first-order valence-corrected chi connectivity index (χ1v) is 8.28. The average molecular weight is 301 g/mol. The minimum absolute atomic E-state index is 0.00306.